The molecule has 0 aromatic carbocycles. The second-order valence-electron chi connectivity index (χ2n) is 48.7. The van der Waals surface area contributed by atoms with Gasteiger partial charge in [0, 0.05) is 138 Å². The third kappa shape index (κ3) is 27.6. The molecule has 20 heterocycles. The van der Waals surface area contributed by atoms with Crippen LogP contribution in [0.15, 0.2) is 198 Å². The van der Waals surface area contributed by atoms with Crippen LogP contribution in [0.3, 0.4) is 0 Å². The predicted molar refractivity (Wildman–Crippen MR) is 603 cm³/mol. The smallest absolute Gasteiger partial charge is 0.287 e. The van der Waals surface area contributed by atoms with E-state index in [9.17, 15) is 0 Å². The largest absolute Gasteiger partial charge is 0.385 e. The molecule has 0 bridgehead atoms. The number of nitrogens with zero attached hydrogens (tertiary/aromatic N) is 23. The Kier molecular flexibility index (Phi) is 33.6. The Morgan fingerprint density at radius 1 is 0.366 bits per heavy atom. The Hall–Kier alpha value is -14.0. The number of aromatic nitrogens is 20. The summed E-state index contributed by atoms with van der Waals surface area (Å²) in [6.45, 7) is 85.9. The molecule has 0 saturated carbocycles. The number of pyridine rings is 4. The van der Waals surface area contributed by atoms with Crippen molar-refractivity contribution in [2.75, 3.05) is 22.9 Å². The van der Waals surface area contributed by atoms with Crippen molar-refractivity contribution >= 4 is 97.1 Å². The van der Waals surface area contributed by atoms with Crippen LogP contribution in [0.1, 0.15) is 319 Å². The van der Waals surface area contributed by atoms with Gasteiger partial charge in [0.25, 0.3) is 6.34 Å². The lowest BCUT2D eigenvalue weighted by Gasteiger charge is -2.20. The first-order valence-corrected chi connectivity index (χ1v) is 49.7. The lowest BCUT2D eigenvalue weighted by Crippen LogP contribution is -2.35. The third-order valence-corrected chi connectivity index (χ3v) is 25.1. The molecule has 0 saturated heterocycles. The molecule has 4 aliphatic rings. The highest BCUT2D eigenvalue weighted by atomic mass is 15.5. The van der Waals surface area contributed by atoms with Gasteiger partial charge < -0.3 is 41.7 Å². The first-order chi connectivity index (χ1) is 66.5. The number of nitrogen functional groups attached to an aromatic ring is 4. The standard InChI is InChI=1S/2C12H17N3.2C12H16N2.C12H17N2.2C11H16N4.C11H15N3.C11H16N3.C11H15N3.CH4/c2*1-7-9-5-8(12(2,3)4)6-14-11(9)15-10(7)13;1-9-7-13-11-6-5-10(12(2,3)4)14(11)8-9;1-9-5-6-11-13-7-10(12(2,3)4)14(11)8-9;1-9-5-6-14-8-13-11(10(14)7-9)12(2,3)4;1-7-8-5-9(11(2,3)4)13-6-15(8)10(12)14-7;1-7-9-5-8(11(2,3)4)6-13-15(9)10(12)14-7;1-8-5-12-10-13-6-9(11(2,3)4)14(10)7-8;1-8-5-6-14-9(7-8)10(12-13-14)11(2,3)4;1-8-5-6-9-12-13-10(11(2,3)4)14(9)7-8;/h2*5-6H,13H2,1-4H3,(H,14,15);2*5-8H,1-4H3;5-8,10H,1-4H3;2*5-6H,1-4H3,(H2,12,14);5-7H,1-4H3;5-7,9H,1-4H3;5-7H,1-4H3;1H4/q;;;;+1;;;;+1;;. The zero-order valence-corrected chi connectivity index (χ0v) is 93.5. The van der Waals surface area contributed by atoms with Gasteiger partial charge in [-0.25, -0.2) is 49.4 Å². The SMILES string of the molecule is C.CC1=CC2C(C(C)(C)C)=NC=[N+]2C=C1.CC1=CC2C(C(C)(C)C)=NN=[N+]2C=C1.Cc1c(N)[nH]c2ncc(C(C)(C)C)cc12.Cc1c(N)[nH]c2ncc(C(C)(C)C)cc12.Cc1ccc2ncc(C(C)(C)C)n2c1.Cc1ccc2nnc(C(C)(C)C)n2c1.Cc1cnc2ccc(C(C)(C)C)n2c1.Cc1cnc2ncc(C(C)(C)C)n2c1.Cc1nc(N)n2cnc(C(C)(C)C)cc12.Cc1nc(N)n2ncc(C(C)(C)C)cc12. The predicted octanol–water partition coefficient (Wildman–Crippen LogP) is 25.6. The Balaban J connectivity index is 0.000000165. The maximum Gasteiger partial charge on any atom is 0.287 e. The summed E-state index contributed by atoms with van der Waals surface area (Å²) in [5, 5.41) is 23.3. The van der Waals surface area contributed by atoms with Crippen molar-refractivity contribution in [2.45, 2.75) is 340 Å². The van der Waals surface area contributed by atoms with Crippen molar-refractivity contribution < 1.29 is 9.27 Å². The molecule has 4 aliphatic heterocycles. The van der Waals surface area contributed by atoms with E-state index in [-0.39, 0.29) is 67.6 Å². The number of rotatable bonds is 0. The van der Waals surface area contributed by atoms with Gasteiger partial charge in [-0.15, -0.1) is 14.9 Å². The average Bonchev–Trinajstić information content (AvgIpc) is 1.61. The van der Waals surface area contributed by atoms with Crippen molar-refractivity contribution in [1.82, 2.24) is 96.6 Å². The molecule has 0 spiro atoms. The van der Waals surface area contributed by atoms with Crippen LogP contribution < -0.4 is 22.9 Å². The molecule has 2 atom stereocenters. The topological polar surface area (TPSA) is 360 Å². The van der Waals surface area contributed by atoms with E-state index < -0.39 is 0 Å². The van der Waals surface area contributed by atoms with E-state index >= 15 is 0 Å². The van der Waals surface area contributed by atoms with Crippen LogP contribution in [0.2, 0.25) is 0 Å². The van der Waals surface area contributed by atoms with Crippen LogP contribution in [0.4, 0.5) is 23.5 Å². The monoisotopic (exact) mass is 1960 g/mol. The van der Waals surface area contributed by atoms with E-state index in [1.54, 1.807) is 10.8 Å². The number of fused-ring (bicyclic) bond motifs is 10. The summed E-state index contributed by atoms with van der Waals surface area (Å²) in [7, 11) is 0. The molecule has 0 radical (unpaired) electrons. The van der Waals surface area contributed by atoms with Crippen molar-refractivity contribution in [1.29, 1.82) is 0 Å². The van der Waals surface area contributed by atoms with E-state index in [1.807, 2.05) is 106 Å². The molecular formula is C116H165N29+2. The number of allylic oxidation sites excluding steroid dienone is 4. The summed E-state index contributed by atoms with van der Waals surface area (Å²) in [5.41, 5.74) is 53.3. The summed E-state index contributed by atoms with van der Waals surface area (Å²) >= 11 is 0. The lowest BCUT2D eigenvalue weighted by atomic mass is 9.84. The first-order valence-electron chi connectivity index (χ1n) is 49.7. The molecule has 29 nitrogen and oxygen atoms in total. The molecule has 10 N–H and O–H groups in total. The number of nitrogens with two attached hydrogens (primary N) is 4. The van der Waals surface area contributed by atoms with Gasteiger partial charge in [-0.2, -0.15) is 9.61 Å². The van der Waals surface area contributed by atoms with Crippen LogP contribution in [0.25, 0.3) is 55.8 Å². The van der Waals surface area contributed by atoms with Crippen molar-refractivity contribution in [2.24, 2.45) is 26.1 Å². The number of hydrogen-bond donors (Lipinski definition) is 6. The maximum atomic E-state index is 5.82. The minimum absolute atomic E-state index is 0. The maximum absolute atomic E-state index is 5.82. The molecule has 2 unspecified atom stereocenters. The molecule has 0 aliphatic carbocycles. The van der Waals surface area contributed by atoms with Crippen LogP contribution in [0, 0.1) is 66.2 Å². The fraction of sp³-hybridized carbons (Fsp3) is 0.457. The lowest BCUT2D eigenvalue weighted by molar-refractivity contribution is -0.535. The van der Waals surface area contributed by atoms with Crippen LogP contribution >= 0.6 is 0 Å². The van der Waals surface area contributed by atoms with E-state index in [1.165, 1.54) is 67.3 Å². The van der Waals surface area contributed by atoms with Gasteiger partial charge >= 0.3 is 0 Å². The first kappa shape index (κ1) is 113. The van der Waals surface area contributed by atoms with E-state index in [4.69, 9.17) is 22.9 Å². The van der Waals surface area contributed by atoms with Gasteiger partial charge in [0.1, 0.15) is 57.8 Å². The van der Waals surface area contributed by atoms with Crippen LogP contribution in [-0.2, 0) is 43.3 Å². The average molecular weight is 1970 g/mol. The second kappa shape index (κ2) is 43.1. The Labute approximate surface area is 859 Å². The molecule has 16 aromatic rings. The number of nitrogens with one attached hydrogen (secondary N) is 2. The van der Waals surface area contributed by atoms with Crippen LogP contribution in [0.5, 0.6) is 0 Å². The Bertz CT molecular complexity index is 6920. The number of aromatic amines is 2. The number of imidazole rings is 4. The zero-order chi connectivity index (χ0) is 107. The summed E-state index contributed by atoms with van der Waals surface area (Å²) in [6.07, 6.45) is 38.1. The van der Waals surface area contributed by atoms with Crippen molar-refractivity contribution in [3.8, 4) is 0 Å². The third-order valence-electron chi connectivity index (χ3n) is 25.1. The van der Waals surface area contributed by atoms with Crippen LogP contribution in [-0.4, -0.2) is 136 Å². The minimum Gasteiger partial charge on any atom is -0.385 e. The molecular weight excluding hydrogens is 1800 g/mol. The number of anilines is 4. The summed E-state index contributed by atoms with van der Waals surface area (Å²) in [6, 6.07) is 21.5. The van der Waals surface area contributed by atoms with E-state index in [0.717, 1.165) is 101 Å². The number of H-pyrrole nitrogens is 2. The molecule has 29 heteroatoms. The van der Waals surface area contributed by atoms with Crippen molar-refractivity contribution in [3.63, 3.8) is 0 Å². The summed E-state index contributed by atoms with van der Waals surface area (Å²) in [5.74, 6) is 4.15. The van der Waals surface area contributed by atoms with Gasteiger partial charge in [0.15, 0.2) is 17.4 Å². The molecule has 20 rings (SSSR count). The van der Waals surface area contributed by atoms with Gasteiger partial charge in [-0.3, -0.25) is 13.2 Å². The summed E-state index contributed by atoms with van der Waals surface area (Å²) in [4.78, 5) is 49.6. The number of aryl methyl sites for hydroxylation is 8. The molecule has 0 fully saturated rings. The highest BCUT2D eigenvalue weighted by Crippen LogP contribution is 2.36. The Morgan fingerprint density at radius 3 is 1.34 bits per heavy atom. The second-order valence-corrected chi connectivity index (χ2v) is 48.7. The van der Waals surface area contributed by atoms with E-state index in [0.29, 0.717) is 29.6 Å². The van der Waals surface area contributed by atoms with E-state index in [2.05, 4.69) is 460 Å². The summed E-state index contributed by atoms with van der Waals surface area (Å²) < 4.78 is 16.0. The molecule has 16 aromatic heterocycles. The fourth-order valence-corrected chi connectivity index (χ4v) is 16.3. The Morgan fingerprint density at radius 2 is 0.814 bits per heavy atom. The highest BCUT2D eigenvalue weighted by molar-refractivity contribution is 6.01. The molecule has 0 amide bonds. The number of aliphatic imine (C=N–C) groups is 1. The van der Waals surface area contributed by atoms with Crippen molar-refractivity contribution in [3.05, 3.63) is 273 Å². The molecule has 772 valence electrons. The fourth-order valence-electron chi connectivity index (χ4n) is 16.3. The minimum atomic E-state index is 0. The van der Waals surface area contributed by atoms with Gasteiger partial charge in [0.2, 0.25) is 29.4 Å². The van der Waals surface area contributed by atoms with Gasteiger partial charge in [-0.1, -0.05) is 232 Å². The van der Waals surface area contributed by atoms with Gasteiger partial charge in [-0.05, 0) is 208 Å². The highest BCUT2D eigenvalue weighted by Gasteiger charge is 2.42. The normalized spacial score (nSPS) is 14.7. The number of hydrogen-bond acceptors (Lipinski definition) is 19. The molecule has 145 heavy (non-hydrogen) atoms. The quantitative estimate of drug-likeness (QED) is 0.0768. The van der Waals surface area contributed by atoms with Gasteiger partial charge in [0.05, 0.1) is 46.1 Å². The zero-order valence-electron chi connectivity index (χ0n) is 93.5.